The summed E-state index contributed by atoms with van der Waals surface area (Å²) in [5, 5.41) is 3.63. The molecule has 1 N–H and O–H groups in total. The van der Waals surface area contributed by atoms with Gasteiger partial charge >= 0.3 is 0 Å². The molecule has 0 aromatic rings. The van der Waals surface area contributed by atoms with E-state index >= 15 is 0 Å². The van der Waals surface area contributed by atoms with E-state index in [0.717, 1.165) is 19.4 Å². The van der Waals surface area contributed by atoms with Gasteiger partial charge in [-0.2, -0.15) is 0 Å². The van der Waals surface area contributed by atoms with Gasteiger partial charge < -0.3 is 5.32 Å². The predicted octanol–water partition coefficient (Wildman–Crippen LogP) is 3.37. The van der Waals surface area contributed by atoms with Crippen molar-refractivity contribution in [3.63, 3.8) is 0 Å². The fourth-order valence-corrected chi connectivity index (χ4v) is 1.65. The van der Waals surface area contributed by atoms with Crippen LogP contribution in [0.3, 0.4) is 0 Å². The standard InChI is InChI=1S/C12H25N/c1-7-12(8-2,11(5)6)13-9-10(3)4/h10,13H,5,7-9H2,1-4,6H3. The second-order valence-electron chi connectivity index (χ2n) is 4.34. The van der Waals surface area contributed by atoms with Crippen LogP contribution in [-0.2, 0) is 0 Å². The second-order valence-corrected chi connectivity index (χ2v) is 4.34. The van der Waals surface area contributed by atoms with E-state index in [1.807, 2.05) is 0 Å². The van der Waals surface area contributed by atoms with Gasteiger partial charge in [0.05, 0.1) is 0 Å². The zero-order chi connectivity index (χ0) is 10.5. The minimum Gasteiger partial charge on any atom is -0.307 e. The molecule has 0 fully saturated rings. The van der Waals surface area contributed by atoms with Gasteiger partial charge in [0.15, 0.2) is 0 Å². The van der Waals surface area contributed by atoms with Crippen molar-refractivity contribution in [3.05, 3.63) is 12.2 Å². The fraction of sp³-hybridized carbons (Fsp3) is 0.833. The van der Waals surface area contributed by atoms with E-state index in [2.05, 4.69) is 46.5 Å². The van der Waals surface area contributed by atoms with Crippen LogP contribution < -0.4 is 5.32 Å². The molecule has 0 saturated carbocycles. The van der Waals surface area contributed by atoms with Crippen LogP contribution in [0.1, 0.15) is 47.5 Å². The summed E-state index contributed by atoms with van der Waals surface area (Å²) in [7, 11) is 0. The maximum absolute atomic E-state index is 4.08. The molecule has 1 nitrogen and oxygen atoms in total. The quantitative estimate of drug-likeness (QED) is 0.623. The van der Waals surface area contributed by atoms with Crippen molar-refractivity contribution in [2.75, 3.05) is 6.54 Å². The minimum atomic E-state index is 0.171. The van der Waals surface area contributed by atoms with Crippen LogP contribution in [0.2, 0.25) is 0 Å². The summed E-state index contributed by atoms with van der Waals surface area (Å²) in [6.07, 6.45) is 2.26. The van der Waals surface area contributed by atoms with Crippen LogP contribution in [0.15, 0.2) is 12.2 Å². The summed E-state index contributed by atoms with van der Waals surface area (Å²) in [6, 6.07) is 0. The highest BCUT2D eigenvalue weighted by molar-refractivity contribution is 5.13. The Morgan fingerprint density at radius 2 is 1.77 bits per heavy atom. The lowest BCUT2D eigenvalue weighted by molar-refractivity contribution is 0.336. The molecule has 0 aliphatic carbocycles. The number of hydrogen-bond acceptors (Lipinski definition) is 1. The largest absolute Gasteiger partial charge is 0.307 e. The van der Waals surface area contributed by atoms with E-state index in [1.54, 1.807) is 0 Å². The molecule has 0 radical (unpaired) electrons. The molecule has 0 amide bonds. The van der Waals surface area contributed by atoms with Crippen molar-refractivity contribution in [2.45, 2.75) is 53.0 Å². The molecule has 0 aromatic heterocycles. The van der Waals surface area contributed by atoms with E-state index in [1.165, 1.54) is 5.57 Å². The number of nitrogens with one attached hydrogen (secondary N) is 1. The third kappa shape index (κ3) is 3.51. The first-order chi connectivity index (χ1) is 5.98. The second kappa shape index (κ2) is 5.43. The van der Waals surface area contributed by atoms with E-state index < -0.39 is 0 Å². The van der Waals surface area contributed by atoms with Crippen molar-refractivity contribution in [1.29, 1.82) is 0 Å². The normalized spacial score (nSPS) is 12.2. The smallest absolute Gasteiger partial charge is 0.0383 e. The lowest BCUT2D eigenvalue weighted by Crippen LogP contribution is -2.46. The van der Waals surface area contributed by atoms with Crippen LogP contribution in [0.25, 0.3) is 0 Å². The van der Waals surface area contributed by atoms with Gasteiger partial charge in [-0.3, -0.25) is 0 Å². The SMILES string of the molecule is C=C(C)C(CC)(CC)NCC(C)C. The maximum atomic E-state index is 4.08. The van der Waals surface area contributed by atoms with Crippen LogP contribution >= 0.6 is 0 Å². The summed E-state index contributed by atoms with van der Waals surface area (Å²) < 4.78 is 0. The molecule has 13 heavy (non-hydrogen) atoms. The Morgan fingerprint density at radius 3 is 2.00 bits per heavy atom. The Hall–Kier alpha value is -0.300. The van der Waals surface area contributed by atoms with E-state index in [0.29, 0.717) is 5.92 Å². The molecule has 0 saturated heterocycles. The lowest BCUT2D eigenvalue weighted by Gasteiger charge is -2.34. The summed E-state index contributed by atoms with van der Waals surface area (Å²) >= 11 is 0. The summed E-state index contributed by atoms with van der Waals surface area (Å²) in [5.74, 6) is 0.705. The first-order valence-corrected chi connectivity index (χ1v) is 5.39. The predicted molar refractivity (Wildman–Crippen MR) is 61.0 cm³/mol. The van der Waals surface area contributed by atoms with Gasteiger partial charge in [0, 0.05) is 5.54 Å². The number of rotatable bonds is 6. The fourth-order valence-electron chi connectivity index (χ4n) is 1.65. The third-order valence-corrected chi connectivity index (χ3v) is 2.87. The van der Waals surface area contributed by atoms with Crippen molar-refractivity contribution >= 4 is 0 Å². The van der Waals surface area contributed by atoms with Crippen LogP contribution in [0.4, 0.5) is 0 Å². The van der Waals surface area contributed by atoms with Crippen molar-refractivity contribution in [3.8, 4) is 0 Å². The van der Waals surface area contributed by atoms with Gasteiger partial charge in [0.2, 0.25) is 0 Å². The monoisotopic (exact) mass is 183 g/mol. The highest BCUT2D eigenvalue weighted by atomic mass is 15.0. The van der Waals surface area contributed by atoms with Gasteiger partial charge in [-0.15, -0.1) is 0 Å². The van der Waals surface area contributed by atoms with Gasteiger partial charge in [0.25, 0.3) is 0 Å². The summed E-state index contributed by atoms with van der Waals surface area (Å²) in [5.41, 5.74) is 1.43. The third-order valence-electron chi connectivity index (χ3n) is 2.87. The Morgan fingerprint density at radius 1 is 1.31 bits per heavy atom. The molecule has 0 atom stereocenters. The Labute approximate surface area is 83.6 Å². The van der Waals surface area contributed by atoms with Gasteiger partial charge in [-0.25, -0.2) is 0 Å². The highest BCUT2D eigenvalue weighted by Crippen LogP contribution is 2.23. The first kappa shape index (κ1) is 12.7. The maximum Gasteiger partial charge on any atom is 0.0383 e. The molecule has 1 heteroatoms. The molecule has 0 unspecified atom stereocenters. The summed E-state index contributed by atoms with van der Waals surface area (Å²) in [4.78, 5) is 0. The lowest BCUT2D eigenvalue weighted by atomic mass is 9.85. The molecular weight excluding hydrogens is 158 g/mol. The average molecular weight is 183 g/mol. The van der Waals surface area contributed by atoms with Crippen LogP contribution in [0, 0.1) is 5.92 Å². The molecule has 0 spiro atoms. The molecule has 0 rings (SSSR count). The molecule has 0 heterocycles. The van der Waals surface area contributed by atoms with Crippen molar-refractivity contribution in [1.82, 2.24) is 5.32 Å². The van der Waals surface area contributed by atoms with E-state index in [9.17, 15) is 0 Å². The molecule has 0 aromatic carbocycles. The topological polar surface area (TPSA) is 12.0 Å². The Balaban J connectivity index is 4.31. The molecule has 0 aliphatic rings. The highest BCUT2D eigenvalue weighted by Gasteiger charge is 2.25. The number of hydrogen-bond donors (Lipinski definition) is 1. The molecule has 0 aliphatic heterocycles. The first-order valence-electron chi connectivity index (χ1n) is 5.39. The van der Waals surface area contributed by atoms with Crippen molar-refractivity contribution in [2.24, 2.45) is 5.92 Å². The molecule has 78 valence electrons. The van der Waals surface area contributed by atoms with Crippen LogP contribution in [-0.4, -0.2) is 12.1 Å². The van der Waals surface area contributed by atoms with Gasteiger partial charge in [-0.1, -0.05) is 39.8 Å². The Kier molecular flexibility index (Phi) is 5.31. The van der Waals surface area contributed by atoms with Gasteiger partial charge in [-0.05, 0) is 32.2 Å². The Bertz CT molecular complexity index is 155. The zero-order valence-electron chi connectivity index (χ0n) is 9.91. The van der Waals surface area contributed by atoms with Crippen LogP contribution in [0.5, 0.6) is 0 Å². The van der Waals surface area contributed by atoms with E-state index in [-0.39, 0.29) is 5.54 Å². The minimum absolute atomic E-state index is 0.171. The van der Waals surface area contributed by atoms with Crippen molar-refractivity contribution < 1.29 is 0 Å². The average Bonchev–Trinajstić information content (AvgIpc) is 2.06. The molecule has 0 bridgehead atoms. The zero-order valence-corrected chi connectivity index (χ0v) is 9.91. The van der Waals surface area contributed by atoms with Gasteiger partial charge in [0.1, 0.15) is 0 Å². The van der Waals surface area contributed by atoms with E-state index in [4.69, 9.17) is 0 Å². The molecular formula is C12H25N. The summed E-state index contributed by atoms with van der Waals surface area (Å²) in [6.45, 7) is 16.2.